The zero-order valence-corrected chi connectivity index (χ0v) is 26.0. The second kappa shape index (κ2) is 12.3. The second-order valence-corrected chi connectivity index (χ2v) is 11.8. The highest BCUT2D eigenvalue weighted by atomic mass is 14.9. The minimum atomic E-state index is 0.687. The van der Waals surface area contributed by atoms with Crippen molar-refractivity contribution < 1.29 is 0 Å². The third kappa shape index (κ3) is 5.83. The van der Waals surface area contributed by atoms with E-state index in [0.29, 0.717) is 5.82 Å². The summed E-state index contributed by atoms with van der Waals surface area (Å²) in [5, 5.41) is 2.42. The van der Waals surface area contributed by atoms with E-state index < -0.39 is 0 Å². The lowest BCUT2D eigenvalue weighted by atomic mass is 9.92. The molecule has 0 radical (unpaired) electrons. The van der Waals surface area contributed by atoms with Gasteiger partial charge in [-0.1, -0.05) is 127 Å². The maximum atomic E-state index is 5.19. The van der Waals surface area contributed by atoms with E-state index in [-0.39, 0.29) is 0 Å². The van der Waals surface area contributed by atoms with Crippen molar-refractivity contribution in [2.45, 2.75) is 6.92 Å². The zero-order valence-electron chi connectivity index (χ0n) is 26.0. The number of hydrogen-bond acceptors (Lipinski definition) is 3. The van der Waals surface area contributed by atoms with E-state index >= 15 is 0 Å². The largest absolute Gasteiger partial charge is 0.261 e. The van der Waals surface area contributed by atoms with Crippen molar-refractivity contribution >= 4 is 10.8 Å². The van der Waals surface area contributed by atoms with Gasteiger partial charge in [-0.2, -0.15) is 0 Å². The summed E-state index contributed by atoms with van der Waals surface area (Å²) in [6, 6.07) is 57.4. The zero-order chi connectivity index (χ0) is 31.6. The molecule has 0 unspecified atom stereocenters. The molecule has 8 rings (SSSR count). The number of nitrogens with zero attached hydrogens (tertiary/aromatic N) is 3. The highest BCUT2D eigenvalue weighted by Crippen LogP contribution is 2.37. The molecular formula is C44H31N3. The molecule has 47 heavy (non-hydrogen) atoms. The molecule has 3 nitrogen and oxygen atoms in total. The van der Waals surface area contributed by atoms with Crippen LogP contribution >= 0.6 is 0 Å². The van der Waals surface area contributed by atoms with Gasteiger partial charge in [0.2, 0.25) is 0 Å². The van der Waals surface area contributed by atoms with Gasteiger partial charge in [0.1, 0.15) is 0 Å². The normalized spacial score (nSPS) is 11.1. The summed E-state index contributed by atoms with van der Waals surface area (Å²) < 4.78 is 0. The average molecular weight is 602 g/mol. The van der Waals surface area contributed by atoms with Crippen LogP contribution in [0.2, 0.25) is 0 Å². The van der Waals surface area contributed by atoms with Gasteiger partial charge in [0, 0.05) is 34.1 Å². The maximum absolute atomic E-state index is 5.19. The number of hydrogen-bond donors (Lipinski definition) is 0. The number of pyridine rings is 1. The summed E-state index contributed by atoms with van der Waals surface area (Å²) in [5.74, 6) is 0.687. The first-order chi connectivity index (χ1) is 23.2. The topological polar surface area (TPSA) is 38.7 Å². The highest BCUT2D eigenvalue weighted by Gasteiger charge is 2.15. The average Bonchev–Trinajstić information content (AvgIpc) is 3.15. The van der Waals surface area contributed by atoms with E-state index in [0.717, 1.165) is 61.6 Å². The van der Waals surface area contributed by atoms with Crippen molar-refractivity contribution in [3.8, 4) is 67.3 Å². The molecule has 222 valence electrons. The Kier molecular flexibility index (Phi) is 7.41. The molecule has 8 aromatic rings. The lowest BCUT2D eigenvalue weighted by Gasteiger charge is -2.14. The molecule has 0 bridgehead atoms. The molecule has 0 amide bonds. The quantitative estimate of drug-likeness (QED) is 0.190. The predicted octanol–water partition coefficient (Wildman–Crippen LogP) is 11.3. The van der Waals surface area contributed by atoms with Crippen LogP contribution in [0, 0.1) is 6.92 Å². The molecule has 3 heteroatoms. The highest BCUT2D eigenvalue weighted by molar-refractivity contribution is 5.98. The van der Waals surface area contributed by atoms with Crippen LogP contribution in [-0.4, -0.2) is 15.0 Å². The summed E-state index contributed by atoms with van der Waals surface area (Å²) in [4.78, 5) is 14.9. The number of fused-ring (bicyclic) bond motifs is 1. The van der Waals surface area contributed by atoms with Gasteiger partial charge in [-0.3, -0.25) is 4.98 Å². The third-order valence-electron chi connectivity index (χ3n) is 8.60. The van der Waals surface area contributed by atoms with Crippen LogP contribution in [-0.2, 0) is 0 Å². The summed E-state index contributed by atoms with van der Waals surface area (Å²) >= 11 is 0. The van der Waals surface area contributed by atoms with E-state index in [9.17, 15) is 0 Å². The number of benzene rings is 6. The standard InChI is InChI=1S/C44H31N3/c1-30-22-23-36(29-45-30)34-18-10-19-35(24-34)37-25-38(41-21-11-17-31-12-8-9-20-40(31)41)27-39(26-37)44-46-42(32-13-4-2-5-14-32)28-43(47-44)33-15-6-3-7-16-33/h2-29H,1H3. The van der Waals surface area contributed by atoms with Crippen LogP contribution in [0.5, 0.6) is 0 Å². The lowest BCUT2D eigenvalue weighted by molar-refractivity contribution is 1.18. The Morgan fingerprint density at radius 2 is 0.936 bits per heavy atom. The Morgan fingerprint density at radius 1 is 0.383 bits per heavy atom. The van der Waals surface area contributed by atoms with Crippen LogP contribution in [0.1, 0.15) is 5.69 Å². The third-order valence-corrected chi connectivity index (χ3v) is 8.60. The molecule has 0 spiro atoms. The van der Waals surface area contributed by atoms with Crippen LogP contribution < -0.4 is 0 Å². The summed E-state index contributed by atoms with van der Waals surface area (Å²) in [6.45, 7) is 2.01. The van der Waals surface area contributed by atoms with Crippen molar-refractivity contribution in [3.63, 3.8) is 0 Å². The fraction of sp³-hybridized carbons (Fsp3) is 0.0227. The number of aromatic nitrogens is 3. The lowest BCUT2D eigenvalue weighted by Crippen LogP contribution is -1.97. The van der Waals surface area contributed by atoms with Gasteiger partial charge in [0.25, 0.3) is 0 Å². The van der Waals surface area contributed by atoms with Crippen LogP contribution in [0.3, 0.4) is 0 Å². The first kappa shape index (κ1) is 28.3. The minimum Gasteiger partial charge on any atom is -0.261 e. The monoisotopic (exact) mass is 601 g/mol. The second-order valence-electron chi connectivity index (χ2n) is 11.8. The SMILES string of the molecule is Cc1ccc(-c2cccc(-c3cc(-c4nc(-c5ccccc5)cc(-c5ccccc5)n4)cc(-c4cccc5ccccc45)c3)c2)cn1. The Balaban J connectivity index is 1.36. The molecule has 0 saturated heterocycles. The Bertz CT molecular complexity index is 2280. The summed E-state index contributed by atoms with van der Waals surface area (Å²) in [6.07, 6.45) is 1.94. The molecule has 0 atom stereocenters. The first-order valence-electron chi connectivity index (χ1n) is 15.8. The van der Waals surface area contributed by atoms with E-state index in [4.69, 9.17) is 9.97 Å². The Hall–Kier alpha value is -6.19. The van der Waals surface area contributed by atoms with E-state index in [2.05, 4.69) is 157 Å². The van der Waals surface area contributed by atoms with Gasteiger partial charge in [-0.25, -0.2) is 9.97 Å². The molecule has 0 aliphatic carbocycles. The molecule has 0 fully saturated rings. The summed E-state index contributed by atoms with van der Waals surface area (Å²) in [7, 11) is 0. The van der Waals surface area contributed by atoms with Crippen molar-refractivity contribution in [2.24, 2.45) is 0 Å². The van der Waals surface area contributed by atoms with Gasteiger partial charge >= 0.3 is 0 Å². The molecule has 2 heterocycles. The van der Waals surface area contributed by atoms with E-state index in [1.807, 2.05) is 25.3 Å². The smallest absolute Gasteiger partial charge is 0.160 e. The van der Waals surface area contributed by atoms with Gasteiger partial charge in [0.05, 0.1) is 11.4 Å². The molecule has 6 aromatic carbocycles. The minimum absolute atomic E-state index is 0.687. The molecule has 0 N–H and O–H groups in total. The van der Waals surface area contributed by atoms with E-state index in [1.165, 1.54) is 16.3 Å². The predicted molar refractivity (Wildman–Crippen MR) is 195 cm³/mol. The Labute approximate surface area is 274 Å². The molecular weight excluding hydrogens is 571 g/mol. The van der Waals surface area contributed by atoms with Gasteiger partial charge in [0.15, 0.2) is 5.82 Å². The molecule has 0 aliphatic rings. The van der Waals surface area contributed by atoms with Crippen LogP contribution in [0.25, 0.3) is 78.1 Å². The molecule has 0 aliphatic heterocycles. The van der Waals surface area contributed by atoms with Crippen molar-refractivity contribution in [3.05, 3.63) is 176 Å². The Morgan fingerprint density at radius 3 is 1.64 bits per heavy atom. The van der Waals surface area contributed by atoms with Crippen molar-refractivity contribution in [1.82, 2.24) is 15.0 Å². The van der Waals surface area contributed by atoms with Crippen molar-refractivity contribution in [1.29, 1.82) is 0 Å². The summed E-state index contributed by atoms with van der Waals surface area (Å²) in [5.41, 5.74) is 12.6. The van der Waals surface area contributed by atoms with Crippen LogP contribution in [0.4, 0.5) is 0 Å². The molecule has 2 aromatic heterocycles. The fourth-order valence-corrected chi connectivity index (χ4v) is 6.16. The van der Waals surface area contributed by atoms with Gasteiger partial charge in [-0.05, 0) is 81.9 Å². The number of rotatable bonds is 6. The van der Waals surface area contributed by atoms with E-state index in [1.54, 1.807) is 0 Å². The van der Waals surface area contributed by atoms with Crippen LogP contribution in [0.15, 0.2) is 170 Å². The first-order valence-corrected chi connectivity index (χ1v) is 15.8. The van der Waals surface area contributed by atoms with Gasteiger partial charge in [-0.15, -0.1) is 0 Å². The number of aryl methyl sites for hydroxylation is 1. The molecule has 0 saturated carbocycles. The maximum Gasteiger partial charge on any atom is 0.160 e. The fourth-order valence-electron chi connectivity index (χ4n) is 6.16. The van der Waals surface area contributed by atoms with Crippen molar-refractivity contribution in [2.75, 3.05) is 0 Å². The van der Waals surface area contributed by atoms with Gasteiger partial charge < -0.3 is 0 Å².